The summed E-state index contributed by atoms with van der Waals surface area (Å²) < 4.78 is 2.06. The molecule has 1 aliphatic rings. The average Bonchev–Trinajstić information content (AvgIpc) is 2.88. The summed E-state index contributed by atoms with van der Waals surface area (Å²) in [6, 6.07) is 6.95. The first-order chi connectivity index (χ1) is 9.24. The molecule has 0 spiro atoms. The van der Waals surface area contributed by atoms with Crippen molar-refractivity contribution in [3.8, 4) is 5.75 Å². The number of carbonyl (C=O) groups excluding carboxylic acids is 1. The predicted molar refractivity (Wildman–Crippen MR) is 69.5 cm³/mol. The van der Waals surface area contributed by atoms with Gasteiger partial charge in [0.2, 0.25) is 5.91 Å². The lowest BCUT2D eigenvalue weighted by atomic mass is 10.1. The molecule has 0 atom stereocenters. The molecule has 0 unspecified atom stereocenters. The van der Waals surface area contributed by atoms with Crippen molar-refractivity contribution < 1.29 is 9.90 Å². The Bertz CT molecular complexity index is 606. The Morgan fingerprint density at radius 3 is 3.00 bits per heavy atom. The highest BCUT2D eigenvalue weighted by atomic mass is 16.3. The fourth-order valence-electron chi connectivity index (χ4n) is 2.32. The van der Waals surface area contributed by atoms with E-state index in [2.05, 4.69) is 9.55 Å². The van der Waals surface area contributed by atoms with Crippen molar-refractivity contribution in [1.82, 2.24) is 14.5 Å². The molecule has 0 saturated heterocycles. The molecule has 1 aromatic heterocycles. The van der Waals surface area contributed by atoms with Crippen molar-refractivity contribution in [2.45, 2.75) is 19.5 Å². The van der Waals surface area contributed by atoms with E-state index < -0.39 is 0 Å². The molecule has 0 saturated carbocycles. The first-order valence-corrected chi connectivity index (χ1v) is 6.28. The lowest BCUT2D eigenvalue weighted by molar-refractivity contribution is -0.132. The van der Waals surface area contributed by atoms with Gasteiger partial charge in [-0.1, -0.05) is 18.2 Å². The fourth-order valence-corrected chi connectivity index (χ4v) is 2.32. The molecule has 3 rings (SSSR count). The average molecular weight is 257 g/mol. The highest BCUT2D eigenvalue weighted by Gasteiger charge is 2.21. The highest BCUT2D eigenvalue weighted by Crippen LogP contribution is 2.18. The van der Waals surface area contributed by atoms with Crippen LogP contribution in [0.3, 0.4) is 0 Å². The summed E-state index contributed by atoms with van der Waals surface area (Å²) in [4.78, 5) is 18.2. The van der Waals surface area contributed by atoms with Crippen molar-refractivity contribution in [3.05, 3.63) is 48.0 Å². The number of aromatic nitrogens is 2. The summed E-state index contributed by atoms with van der Waals surface area (Å²) in [6.45, 7) is 2.01. The number of rotatable bonds is 2. The third-order valence-corrected chi connectivity index (χ3v) is 3.43. The number of hydrogen-bond acceptors (Lipinski definition) is 3. The van der Waals surface area contributed by atoms with Gasteiger partial charge in [-0.15, -0.1) is 0 Å². The van der Waals surface area contributed by atoms with Crippen LogP contribution in [0.25, 0.3) is 0 Å². The predicted octanol–water partition coefficient (Wildman–Crippen LogP) is 1.17. The minimum absolute atomic E-state index is 0.0238. The molecule has 5 nitrogen and oxygen atoms in total. The minimum atomic E-state index is 0.0238. The Morgan fingerprint density at radius 2 is 2.16 bits per heavy atom. The third-order valence-electron chi connectivity index (χ3n) is 3.43. The smallest absolute Gasteiger partial charge is 0.227 e. The largest absolute Gasteiger partial charge is 0.508 e. The van der Waals surface area contributed by atoms with E-state index in [1.54, 1.807) is 29.3 Å². The number of nitrogens with zero attached hydrogens (tertiary/aromatic N) is 3. The van der Waals surface area contributed by atoms with Gasteiger partial charge in [-0.3, -0.25) is 4.79 Å². The van der Waals surface area contributed by atoms with E-state index in [1.165, 1.54) is 0 Å². The van der Waals surface area contributed by atoms with Crippen LogP contribution >= 0.6 is 0 Å². The van der Waals surface area contributed by atoms with Gasteiger partial charge < -0.3 is 14.6 Å². The standard InChI is InChI=1S/C14H15N3O2/c18-12-4-2-1-3-11(12)9-14(19)17-8-7-16-6-5-15-13(16)10-17/h1-6,18H,7-10H2. The van der Waals surface area contributed by atoms with Gasteiger partial charge in [-0.2, -0.15) is 0 Å². The highest BCUT2D eigenvalue weighted by molar-refractivity contribution is 5.79. The Morgan fingerprint density at radius 1 is 1.32 bits per heavy atom. The van der Waals surface area contributed by atoms with Gasteiger partial charge in [0.1, 0.15) is 11.6 Å². The topological polar surface area (TPSA) is 58.4 Å². The van der Waals surface area contributed by atoms with Gasteiger partial charge in [0.15, 0.2) is 0 Å². The van der Waals surface area contributed by atoms with Crippen LogP contribution in [0.2, 0.25) is 0 Å². The molecule has 1 aliphatic heterocycles. The van der Waals surface area contributed by atoms with Crippen molar-refractivity contribution >= 4 is 5.91 Å². The maximum Gasteiger partial charge on any atom is 0.227 e. The Hall–Kier alpha value is -2.30. The first-order valence-electron chi connectivity index (χ1n) is 6.28. The van der Waals surface area contributed by atoms with Crippen molar-refractivity contribution in [1.29, 1.82) is 0 Å². The summed E-state index contributed by atoms with van der Waals surface area (Å²) in [5.41, 5.74) is 0.668. The summed E-state index contributed by atoms with van der Waals surface area (Å²) in [5, 5.41) is 9.70. The Labute approximate surface area is 111 Å². The molecule has 1 aromatic carbocycles. The van der Waals surface area contributed by atoms with E-state index in [0.717, 1.165) is 12.4 Å². The molecule has 0 radical (unpaired) electrons. The van der Waals surface area contributed by atoms with Crippen LogP contribution in [0.5, 0.6) is 5.75 Å². The van der Waals surface area contributed by atoms with Crippen LogP contribution in [-0.2, 0) is 24.3 Å². The number of phenols is 1. The second-order valence-electron chi connectivity index (χ2n) is 4.66. The van der Waals surface area contributed by atoms with E-state index in [-0.39, 0.29) is 18.1 Å². The van der Waals surface area contributed by atoms with Gasteiger partial charge in [0.25, 0.3) is 0 Å². The molecule has 2 heterocycles. The first kappa shape index (κ1) is 11.8. The van der Waals surface area contributed by atoms with Gasteiger partial charge in [-0.25, -0.2) is 4.98 Å². The molecular weight excluding hydrogens is 242 g/mol. The molecule has 0 bridgehead atoms. The van der Waals surface area contributed by atoms with E-state index in [0.29, 0.717) is 18.7 Å². The molecule has 19 heavy (non-hydrogen) atoms. The SMILES string of the molecule is O=C(Cc1ccccc1O)N1CCn2ccnc2C1. The summed E-state index contributed by atoms with van der Waals surface area (Å²) in [7, 11) is 0. The van der Waals surface area contributed by atoms with Gasteiger partial charge >= 0.3 is 0 Å². The second kappa shape index (κ2) is 4.76. The number of phenolic OH excluding ortho intramolecular Hbond substituents is 1. The van der Waals surface area contributed by atoms with E-state index >= 15 is 0 Å². The number of benzene rings is 1. The van der Waals surface area contributed by atoms with E-state index in [1.807, 2.05) is 12.3 Å². The Balaban J connectivity index is 1.71. The van der Waals surface area contributed by atoms with Crippen LogP contribution in [0.1, 0.15) is 11.4 Å². The molecule has 98 valence electrons. The number of amides is 1. The molecular formula is C14H15N3O2. The molecule has 0 aliphatic carbocycles. The summed E-state index contributed by atoms with van der Waals surface area (Å²) >= 11 is 0. The van der Waals surface area contributed by atoms with E-state index in [4.69, 9.17) is 0 Å². The molecule has 1 amide bonds. The van der Waals surface area contributed by atoms with Crippen LogP contribution in [-0.4, -0.2) is 32.0 Å². The van der Waals surface area contributed by atoms with Crippen molar-refractivity contribution in [2.75, 3.05) is 6.54 Å². The normalized spacial score (nSPS) is 14.2. The van der Waals surface area contributed by atoms with Gasteiger partial charge in [0, 0.05) is 31.0 Å². The van der Waals surface area contributed by atoms with Gasteiger partial charge in [0.05, 0.1) is 13.0 Å². The molecule has 0 fully saturated rings. The second-order valence-corrected chi connectivity index (χ2v) is 4.66. The van der Waals surface area contributed by atoms with Crippen LogP contribution in [0, 0.1) is 0 Å². The maximum absolute atomic E-state index is 12.2. The monoisotopic (exact) mass is 257 g/mol. The fraction of sp³-hybridized carbons (Fsp3) is 0.286. The number of carbonyl (C=O) groups is 1. The number of para-hydroxylation sites is 1. The zero-order valence-corrected chi connectivity index (χ0v) is 10.5. The molecule has 1 N–H and O–H groups in total. The summed E-state index contributed by atoms with van der Waals surface area (Å²) in [6.07, 6.45) is 3.92. The minimum Gasteiger partial charge on any atom is -0.508 e. The van der Waals surface area contributed by atoms with E-state index in [9.17, 15) is 9.90 Å². The number of fused-ring (bicyclic) bond motifs is 1. The van der Waals surface area contributed by atoms with Crippen molar-refractivity contribution in [2.24, 2.45) is 0 Å². The summed E-state index contributed by atoms with van der Waals surface area (Å²) in [5.74, 6) is 1.11. The number of hydrogen-bond donors (Lipinski definition) is 1. The van der Waals surface area contributed by atoms with Crippen molar-refractivity contribution in [3.63, 3.8) is 0 Å². The molecule has 2 aromatic rings. The number of imidazole rings is 1. The maximum atomic E-state index is 12.2. The quantitative estimate of drug-likeness (QED) is 0.878. The lowest BCUT2D eigenvalue weighted by Gasteiger charge is -2.27. The lowest BCUT2D eigenvalue weighted by Crippen LogP contribution is -2.39. The van der Waals surface area contributed by atoms with Crippen LogP contribution < -0.4 is 0 Å². The zero-order valence-electron chi connectivity index (χ0n) is 10.5. The van der Waals surface area contributed by atoms with Gasteiger partial charge in [-0.05, 0) is 6.07 Å². The van der Waals surface area contributed by atoms with Crippen LogP contribution in [0.4, 0.5) is 0 Å². The third kappa shape index (κ3) is 2.31. The van der Waals surface area contributed by atoms with Crippen LogP contribution in [0.15, 0.2) is 36.7 Å². The number of aromatic hydroxyl groups is 1. The molecule has 5 heteroatoms. The Kier molecular flexibility index (Phi) is 2.95. The zero-order chi connectivity index (χ0) is 13.2.